The second-order valence-electron chi connectivity index (χ2n) is 2.64. The van der Waals surface area contributed by atoms with Crippen molar-refractivity contribution in [1.82, 2.24) is 0 Å². The largest absolute Gasteiger partial charge is 0.295 e. The number of nitriles is 1. The maximum Gasteiger partial charge on any atom is 0.159 e. The quantitative estimate of drug-likeness (QED) is 0.506. The number of carbonyl (C=O) groups excluding carboxylic acids is 1. The van der Waals surface area contributed by atoms with Gasteiger partial charge in [-0.05, 0) is 24.6 Å². The normalized spacial score (nSPS) is 9.85. The predicted molar refractivity (Wildman–Crippen MR) is 51.1 cm³/mol. The van der Waals surface area contributed by atoms with Gasteiger partial charge in [0, 0.05) is 11.6 Å². The number of rotatable bonds is 2. The predicted octanol–water partition coefficient (Wildman–Crippen LogP) is 2.43. The van der Waals surface area contributed by atoms with E-state index in [1.807, 2.05) is 12.1 Å². The van der Waals surface area contributed by atoms with Crippen molar-refractivity contribution >= 4 is 11.9 Å². The van der Waals surface area contributed by atoms with Gasteiger partial charge in [-0.25, -0.2) is 0 Å². The molecule has 1 aromatic rings. The van der Waals surface area contributed by atoms with Crippen LogP contribution in [0.4, 0.5) is 0 Å². The summed E-state index contributed by atoms with van der Waals surface area (Å²) in [5, 5.41) is 8.30. The van der Waals surface area contributed by atoms with Gasteiger partial charge in [-0.3, -0.25) is 4.79 Å². The first-order valence-electron chi connectivity index (χ1n) is 3.91. The Bertz CT molecular complexity index is 385. The molecule has 0 aliphatic carbocycles. The molecule has 0 bridgehead atoms. The van der Waals surface area contributed by atoms with E-state index in [9.17, 15) is 4.79 Å². The van der Waals surface area contributed by atoms with Gasteiger partial charge in [-0.15, -0.1) is 0 Å². The maximum absolute atomic E-state index is 11.0. The lowest BCUT2D eigenvalue weighted by Gasteiger charge is -1.96. The van der Waals surface area contributed by atoms with Gasteiger partial charge in [0.15, 0.2) is 5.78 Å². The first-order valence-corrected chi connectivity index (χ1v) is 3.91. The van der Waals surface area contributed by atoms with Crippen LogP contribution in [-0.4, -0.2) is 5.78 Å². The Morgan fingerprint density at radius 3 is 2.92 bits per heavy atom. The second kappa shape index (κ2) is 4.22. The Morgan fingerprint density at radius 1 is 1.54 bits per heavy atom. The van der Waals surface area contributed by atoms with Crippen LogP contribution in [0.3, 0.4) is 0 Å². The van der Waals surface area contributed by atoms with Crippen LogP contribution in [0.5, 0.6) is 0 Å². The van der Waals surface area contributed by atoms with Crippen LogP contribution < -0.4 is 0 Å². The molecule has 1 aromatic carbocycles. The van der Waals surface area contributed by atoms with E-state index in [2.05, 4.69) is 0 Å². The van der Waals surface area contributed by atoms with Crippen molar-refractivity contribution < 1.29 is 4.79 Å². The second-order valence-corrected chi connectivity index (χ2v) is 2.64. The van der Waals surface area contributed by atoms with Crippen molar-refractivity contribution in [1.29, 1.82) is 5.26 Å². The minimum Gasteiger partial charge on any atom is -0.295 e. The van der Waals surface area contributed by atoms with Gasteiger partial charge in [0.2, 0.25) is 0 Å². The van der Waals surface area contributed by atoms with Crippen LogP contribution in [0, 0.1) is 11.3 Å². The molecule has 0 saturated carbocycles. The maximum atomic E-state index is 11.0. The highest BCUT2D eigenvalue weighted by atomic mass is 16.1. The lowest BCUT2D eigenvalue weighted by atomic mass is 10.1. The van der Waals surface area contributed by atoms with Crippen molar-refractivity contribution in [3.05, 3.63) is 41.5 Å². The van der Waals surface area contributed by atoms with Gasteiger partial charge < -0.3 is 0 Å². The number of ketones is 1. The molecule has 0 aliphatic heterocycles. The molecule has 2 heteroatoms. The summed E-state index contributed by atoms with van der Waals surface area (Å²) in [5.74, 6) is 0.0345. The molecule has 13 heavy (non-hydrogen) atoms. The molecular formula is C11H9NO. The number of nitrogens with zero attached hydrogens (tertiary/aromatic N) is 1. The molecule has 0 saturated heterocycles. The Morgan fingerprint density at radius 2 is 2.31 bits per heavy atom. The van der Waals surface area contributed by atoms with Crippen molar-refractivity contribution in [3.8, 4) is 6.07 Å². The summed E-state index contributed by atoms with van der Waals surface area (Å²) >= 11 is 0. The first-order chi connectivity index (χ1) is 6.24. The number of benzene rings is 1. The van der Waals surface area contributed by atoms with Crippen LogP contribution in [0.25, 0.3) is 6.08 Å². The molecule has 0 aliphatic rings. The van der Waals surface area contributed by atoms with Gasteiger partial charge in [0.05, 0.1) is 6.07 Å². The number of allylic oxidation sites excluding steroid dienone is 1. The zero-order chi connectivity index (χ0) is 9.68. The fourth-order valence-corrected chi connectivity index (χ4v) is 0.995. The van der Waals surface area contributed by atoms with Crippen LogP contribution in [-0.2, 0) is 0 Å². The van der Waals surface area contributed by atoms with Crippen LogP contribution >= 0.6 is 0 Å². The van der Waals surface area contributed by atoms with E-state index >= 15 is 0 Å². The number of hydrogen-bond donors (Lipinski definition) is 0. The minimum absolute atomic E-state index is 0.0345. The lowest BCUT2D eigenvalue weighted by Crippen LogP contribution is -1.91. The van der Waals surface area contributed by atoms with Crippen molar-refractivity contribution in [2.24, 2.45) is 0 Å². The molecular weight excluding hydrogens is 162 g/mol. The smallest absolute Gasteiger partial charge is 0.159 e. The molecule has 0 amide bonds. The van der Waals surface area contributed by atoms with E-state index in [1.54, 1.807) is 24.3 Å². The molecule has 0 aromatic heterocycles. The van der Waals surface area contributed by atoms with Crippen LogP contribution in [0.2, 0.25) is 0 Å². The molecule has 64 valence electrons. The molecule has 0 N–H and O–H groups in total. The third-order valence-corrected chi connectivity index (χ3v) is 1.64. The monoisotopic (exact) mass is 171 g/mol. The van der Waals surface area contributed by atoms with Crippen molar-refractivity contribution in [2.45, 2.75) is 6.92 Å². The lowest BCUT2D eigenvalue weighted by molar-refractivity contribution is 0.101. The highest BCUT2D eigenvalue weighted by molar-refractivity contribution is 5.94. The van der Waals surface area contributed by atoms with E-state index in [4.69, 9.17) is 5.26 Å². The highest BCUT2D eigenvalue weighted by Gasteiger charge is 1.97. The summed E-state index contributed by atoms with van der Waals surface area (Å²) in [6, 6.07) is 9.06. The van der Waals surface area contributed by atoms with Crippen molar-refractivity contribution in [3.63, 3.8) is 0 Å². The van der Waals surface area contributed by atoms with E-state index in [-0.39, 0.29) is 5.78 Å². The standard InChI is InChI=1S/C11H9NO/c1-9(13)11-6-2-4-10(8-11)5-3-7-12/h2-6,8H,1H3/b5-3+. The Hall–Kier alpha value is -1.88. The van der Waals surface area contributed by atoms with Gasteiger partial charge in [0.1, 0.15) is 0 Å². The number of hydrogen-bond acceptors (Lipinski definition) is 2. The third-order valence-electron chi connectivity index (χ3n) is 1.64. The SMILES string of the molecule is CC(=O)c1cccc(/C=C/C#N)c1. The average Bonchev–Trinajstić information content (AvgIpc) is 2.15. The zero-order valence-electron chi connectivity index (χ0n) is 7.32. The molecule has 1 rings (SSSR count). The molecule has 2 nitrogen and oxygen atoms in total. The molecule has 0 spiro atoms. The van der Waals surface area contributed by atoms with Crippen LogP contribution in [0.15, 0.2) is 30.3 Å². The summed E-state index contributed by atoms with van der Waals surface area (Å²) in [6.45, 7) is 1.52. The summed E-state index contributed by atoms with van der Waals surface area (Å²) < 4.78 is 0. The zero-order valence-corrected chi connectivity index (χ0v) is 7.32. The van der Waals surface area contributed by atoms with E-state index in [0.29, 0.717) is 5.56 Å². The average molecular weight is 171 g/mol. The highest BCUT2D eigenvalue weighted by Crippen LogP contribution is 2.07. The Balaban J connectivity index is 3.00. The van der Waals surface area contributed by atoms with Gasteiger partial charge in [-0.1, -0.05) is 18.2 Å². The topological polar surface area (TPSA) is 40.9 Å². The summed E-state index contributed by atoms with van der Waals surface area (Å²) in [7, 11) is 0. The van der Waals surface area contributed by atoms with Gasteiger partial charge in [0.25, 0.3) is 0 Å². The molecule has 0 atom stereocenters. The summed E-state index contributed by atoms with van der Waals surface area (Å²) in [6.07, 6.45) is 3.06. The van der Waals surface area contributed by atoms with E-state index in [0.717, 1.165) is 5.56 Å². The Kier molecular flexibility index (Phi) is 2.99. The molecule has 0 radical (unpaired) electrons. The minimum atomic E-state index is 0.0345. The van der Waals surface area contributed by atoms with Gasteiger partial charge >= 0.3 is 0 Å². The first kappa shape index (κ1) is 9.21. The fourth-order valence-electron chi connectivity index (χ4n) is 0.995. The molecule has 0 fully saturated rings. The Labute approximate surface area is 77.1 Å². The molecule has 0 heterocycles. The van der Waals surface area contributed by atoms with E-state index in [1.165, 1.54) is 13.0 Å². The summed E-state index contributed by atoms with van der Waals surface area (Å²) in [5.41, 5.74) is 1.54. The van der Waals surface area contributed by atoms with Gasteiger partial charge in [-0.2, -0.15) is 5.26 Å². The van der Waals surface area contributed by atoms with E-state index < -0.39 is 0 Å². The number of carbonyl (C=O) groups is 1. The summed E-state index contributed by atoms with van der Waals surface area (Å²) in [4.78, 5) is 11.0. The van der Waals surface area contributed by atoms with Crippen molar-refractivity contribution in [2.75, 3.05) is 0 Å². The fraction of sp³-hybridized carbons (Fsp3) is 0.0909. The molecule has 0 unspecified atom stereocenters. The third kappa shape index (κ3) is 2.57. The van der Waals surface area contributed by atoms with Crippen LogP contribution in [0.1, 0.15) is 22.8 Å². The number of Topliss-reactive ketones (excluding diaryl/α,β-unsaturated/α-hetero) is 1.